The quantitative estimate of drug-likeness (QED) is 0.170. The Balaban J connectivity index is 1.40. The van der Waals surface area contributed by atoms with E-state index in [9.17, 15) is 30.3 Å². The zero-order valence-corrected chi connectivity index (χ0v) is 27.4. The number of hydrogen-bond acceptors (Lipinski definition) is 8. The lowest BCUT2D eigenvalue weighted by Gasteiger charge is -2.62. The van der Waals surface area contributed by atoms with Gasteiger partial charge in [0.2, 0.25) is 0 Å². The van der Waals surface area contributed by atoms with Crippen molar-refractivity contribution in [3.05, 3.63) is 82.4 Å². The third-order valence-electron chi connectivity index (χ3n) is 11.8. The Kier molecular flexibility index (Phi) is 8.88. The van der Waals surface area contributed by atoms with Crippen LogP contribution >= 0.6 is 0 Å². The van der Waals surface area contributed by atoms with Crippen molar-refractivity contribution in [3.8, 4) is 34.8 Å². The Morgan fingerprint density at radius 1 is 0.958 bits per heavy atom. The first-order valence-corrected chi connectivity index (χ1v) is 17.3. The molecule has 0 radical (unpaired) electrons. The molecule has 0 aromatic heterocycles. The molecule has 1 saturated heterocycles. The van der Waals surface area contributed by atoms with Gasteiger partial charge in [0.1, 0.15) is 5.78 Å². The Labute approximate surface area is 281 Å². The monoisotopic (exact) mass is 651 g/mol. The van der Waals surface area contributed by atoms with Gasteiger partial charge < -0.3 is 35.6 Å². The summed E-state index contributed by atoms with van der Waals surface area (Å²) >= 11 is 0. The van der Waals surface area contributed by atoms with Gasteiger partial charge in [-0.25, -0.2) is 0 Å². The van der Waals surface area contributed by atoms with E-state index in [-0.39, 0.29) is 77.9 Å². The maximum atomic E-state index is 14.2. The lowest BCUT2D eigenvalue weighted by atomic mass is 9.45. The first kappa shape index (κ1) is 32.5. The van der Waals surface area contributed by atoms with E-state index < -0.39 is 17.4 Å². The molecule has 0 amide bonds. The van der Waals surface area contributed by atoms with E-state index in [2.05, 4.69) is 29.3 Å². The van der Waals surface area contributed by atoms with Crippen molar-refractivity contribution in [1.29, 1.82) is 0 Å². The van der Waals surface area contributed by atoms with E-state index in [4.69, 9.17) is 4.74 Å². The van der Waals surface area contributed by atoms with Gasteiger partial charge in [-0.15, -0.1) is 0 Å². The molecule has 4 aliphatic rings. The number of aryl methyl sites for hydroxylation is 1. The molecule has 2 fully saturated rings. The molecule has 48 heavy (non-hydrogen) atoms. The molecule has 0 bridgehead atoms. The van der Waals surface area contributed by atoms with Crippen LogP contribution in [0, 0.1) is 35.5 Å². The molecule has 252 valence electrons. The molecule has 1 heterocycles. The number of benzene rings is 3. The van der Waals surface area contributed by atoms with Gasteiger partial charge in [-0.2, -0.15) is 0 Å². The van der Waals surface area contributed by atoms with Crippen LogP contribution in [-0.4, -0.2) is 57.1 Å². The summed E-state index contributed by atoms with van der Waals surface area (Å²) in [7, 11) is 1.47. The summed E-state index contributed by atoms with van der Waals surface area (Å²) < 4.78 is 5.45. The number of aliphatic hydroxyl groups is 2. The normalized spacial score (nSPS) is 31.2. The van der Waals surface area contributed by atoms with Gasteiger partial charge in [-0.05, 0) is 90.1 Å². The van der Waals surface area contributed by atoms with E-state index in [0.717, 1.165) is 48.8 Å². The fraction of sp³-hybridized carbons (Fsp3) is 0.475. The van der Waals surface area contributed by atoms with E-state index in [1.54, 1.807) is 18.2 Å². The van der Waals surface area contributed by atoms with Gasteiger partial charge in [0.25, 0.3) is 0 Å². The highest BCUT2D eigenvalue weighted by Gasteiger charge is 2.61. The van der Waals surface area contributed by atoms with Crippen molar-refractivity contribution in [2.24, 2.45) is 23.7 Å². The Bertz CT molecular complexity index is 1750. The maximum absolute atomic E-state index is 14.2. The number of carbonyl (C=O) groups is 1. The number of aliphatic hydroxyl groups excluding tert-OH is 2. The SMILES string of the molecule is COc1cc([C@H]2CC(=O)C[C@H](O)[C@H]3[C@H](C#C[C@H]2Cc2ccccc2)CN[C@@H]2CCC[C@H]4CCc5cc(O)c(O)cc5[C@]432)c(CO)cc1O. The second-order valence-corrected chi connectivity index (χ2v) is 14.3. The Hall–Kier alpha value is -4.03. The molecule has 3 aromatic rings. The molecule has 8 nitrogen and oxygen atoms in total. The van der Waals surface area contributed by atoms with E-state index in [1.807, 2.05) is 18.2 Å². The molecular formula is C40H45NO7. The van der Waals surface area contributed by atoms with E-state index in [1.165, 1.54) is 13.2 Å². The number of phenols is 3. The van der Waals surface area contributed by atoms with Crippen molar-refractivity contribution in [3.63, 3.8) is 0 Å². The Morgan fingerprint density at radius 2 is 1.75 bits per heavy atom. The summed E-state index contributed by atoms with van der Waals surface area (Å²) in [6.45, 7) is 0.243. The topological polar surface area (TPSA) is 139 Å². The Morgan fingerprint density at radius 3 is 2.52 bits per heavy atom. The molecule has 3 aliphatic carbocycles. The van der Waals surface area contributed by atoms with Crippen LogP contribution in [0.5, 0.6) is 23.0 Å². The van der Waals surface area contributed by atoms with Crippen molar-refractivity contribution in [2.75, 3.05) is 13.7 Å². The molecule has 1 aliphatic heterocycles. The second kappa shape index (κ2) is 13.1. The maximum Gasteiger partial charge on any atom is 0.160 e. The molecular weight excluding hydrogens is 606 g/mol. The van der Waals surface area contributed by atoms with E-state index in [0.29, 0.717) is 24.1 Å². The largest absolute Gasteiger partial charge is 0.504 e. The number of ketones is 1. The summed E-state index contributed by atoms with van der Waals surface area (Å²) in [4.78, 5) is 14.2. The molecule has 0 unspecified atom stereocenters. The molecule has 3 aromatic carbocycles. The lowest BCUT2D eigenvalue weighted by molar-refractivity contribution is -0.125. The zero-order chi connectivity index (χ0) is 33.6. The molecule has 6 N–H and O–H groups in total. The summed E-state index contributed by atoms with van der Waals surface area (Å²) in [5, 5.41) is 58.3. The van der Waals surface area contributed by atoms with E-state index >= 15 is 0 Å². The van der Waals surface area contributed by atoms with Crippen LogP contribution in [0.25, 0.3) is 0 Å². The number of ether oxygens (including phenoxy) is 1. The molecule has 1 saturated carbocycles. The zero-order valence-electron chi connectivity index (χ0n) is 27.4. The highest BCUT2D eigenvalue weighted by atomic mass is 16.5. The van der Waals surface area contributed by atoms with Crippen LogP contribution in [-0.2, 0) is 29.7 Å². The van der Waals surface area contributed by atoms with Crippen LogP contribution in [0.3, 0.4) is 0 Å². The average Bonchev–Trinajstić information content (AvgIpc) is 3.08. The van der Waals surface area contributed by atoms with Gasteiger partial charge in [0.05, 0.1) is 19.8 Å². The predicted octanol–water partition coefficient (Wildman–Crippen LogP) is 4.86. The summed E-state index contributed by atoms with van der Waals surface area (Å²) in [6.07, 6.45) is 4.31. The number of nitrogens with one attached hydrogen (secondary N) is 1. The summed E-state index contributed by atoms with van der Waals surface area (Å²) in [5.74, 6) is 5.92. The van der Waals surface area contributed by atoms with Crippen molar-refractivity contribution in [2.45, 2.75) is 81.5 Å². The number of fused-ring (bicyclic) bond motifs is 2. The number of methoxy groups -OCH3 is 1. The molecule has 8 heteroatoms. The average molecular weight is 652 g/mol. The fourth-order valence-corrected chi connectivity index (χ4v) is 9.90. The minimum absolute atomic E-state index is 0.0400. The highest BCUT2D eigenvalue weighted by molar-refractivity contribution is 5.80. The smallest absolute Gasteiger partial charge is 0.160 e. The summed E-state index contributed by atoms with van der Waals surface area (Å²) in [5.41, 5.74) is 3.67. The van der Waals surface area contributed by atoms with Crippen LogP contribution < -0.4 is 10.1 Å². The van der Waals surface area contributed by atoms with Gasteiger partial charge in [0, 0.05) is 54.5 Å². The first-order valence-electron chi connectivity index (χ1n) is 17.3. The number of phenolic OH excluding ortho intramolecular Hbond substituents is 3. The molecule has 8 atom stereocenters. The van der Waals surface area contributed by atoms with Crippen molar-refractivity contribution in [1.82, 2.24) is 5.32 Å². The number of Topliss-reactive ketones (excluding diaryl/α,β-unsaturated/α-hetero) is 1. The number of carbonyl (C=O) groups excluding carboxylic acids is 1. The van der Waals surface area contributed by atoms with Gasteiger partial charge >= 0.3 is 0 Å². The van der Waals surface area contributed by atoms with Gasteiger partial charge in [0.15, 0.2) is 23.0 Å². The number of aromatic hydroxyl groups is 3. The second-order valence-electron chi connectivity index (χ2n) is 14.3. The van der Waals surface area contributed by atoms with Gasteiger partial charge in [-0.1, -0.05) is 48.6 Å². The van der Waals surface area contributed by atoms with Crippen molar-refractivity contribution < 1.29 is 35.1 Å². The standard InChI is InChI=1S/C40H45NO7/c1-48-37-19-31(27(22-42)16-35(37)46)30-17-29(43)18-36(47)39-26(11-10-24(30)14-23-6-3-2-4-7-23)21-41-38-9-5-8-28-13-12-25-15-33(44)34(45)20-32(25)40(28,38)39/h2-4,6-7,15-16,19-20,24,26,28,30,36,38-39,41-42,44-47H,5,8-9,12-14,17-18,21-22H2,1H3/t24-,26+,28-,30-,36-,38+,39+,40-/m0/s1. The van der Waals surface area contributed by atoms with Gasteiger partial charge in [-0.3, -0.25) is 4.79 Å². The molecule has 7 rings (SSSR count). The first-order chi connectivity index (χ1) is 23.2. The van der Waals surface area contributed by atoms with Crippen LogP contribution in [0.1, 0.15) is 72.3 Å². The third kappa shape index (κ3) is 5.52. The minimum atomic E-state index is -0.970. The van der Waals surface area contributed by atoms with Crippen LogP contribution in [0.4, 0.5) is 0 Å². The lowest BCUT2D eigenvalue weighted by Crippen LogP contribution is -2.69. The minimum Gasteiger partial charge on any atom is -0.504 e. The van der Waals surface area contributed by atoms with Crippen LogP contribution in [0.2, 0.25) is 0 Å². The molecule has 1 spiro atoms. The third-order valence-corrected chi connectivity index (χ3v) is 11.8. The predicted molar refractivity (Wildman–Crippen MR) is 181 cm³/mol. The van der Waals surface area contributed by atoms with Crippen molar-refractivity contribution >= 4 is 5.78 Å². The number of piperidine rings is 1. The number of rotatable bonds is 5. The highest BCUT2D eigenvalue weighted by Crippen LogP contribution is 2.60. The fourth-order valence-electron chi connectivity index (χ4n) is 9.90. The summed E-state index contributed by atoms with van der Waals surface area (Å²) in [6, 6.07) is 16.7. The van der Waals surface area contributed by atoms with Crippen LogP contribution in [0.15, 0.2) is 54.6 Å². The number of hydrogen-bond donors (Lipinski definition) is 6.